The number of hydrogen-bond acceptors (Lipinski definition) is 5. The molecule has 0 bridgehead atoms. The van der Waals surface area contributed by atoms with E-state index in [4.69, 9.17) is 0 Å². The van der Waals surface area contributed by atoms with Crippen LogP contribution in [-0.2, 0) is 25.4 Å². The average molecular weight is 516 g/mol. The van der Waals surface area contributed by atoms with Crippen LogP contribution in [0.25, 0.3) is 11.1 Å². The van der Waals surface area contributed by atoms with E-state index in [0.29, 0.717) is 48.3 Å². The summed E-state index contributed by atoms with van der Waals surface area (Å²) in [5.74, 6) is -1.73. The summed E-state index contributed by atoms with van der Waals surface area (Å²) in [4.78, 5) is 36.2. The first-order valence-electron chi connectivity index (χ1n) is 12.0. The van der Waals surface area contributed by atoms with E-state index in [0.717, 1.165) is 0 Å². The van der Waals surface area contributed by atoms with Gasteiger partial charge in [0.2, 0.25) is 15.9 Å². The molecule has 0 saturated carbocycles. The predicted octanol–water partition coefficient (Wildman–Crippen LogP) is 2.67. The average Bonchev–Trinajstić information content (AvgIpc) is 3.25. The lowest BCUT2D eigenvalue weighted by Crippen LogP contribution is -2.41. The topological polar surface area (TPSA) is 142 Å². The van der Waals surface area contributed by atoms with Crippen LogP contribution in [0.3, 0.4) is 0 Å². The molecule has 4 N–H and O–H groups in total. The molecule has 2 aromatic carbocycles. The normalized spacial score (nSPS) is 16.5. The van der Waals surface area contributed by atoms with Crippen molar-refractivity contribution < 1.29 is 27.9 Å². The van der Waals surface area contributed by atoms with Crippen LogP contribution in [0.4, 0.5) is 0 Å². The molecule has 9 nitrogen and oxygen atoms in total. The van der Waals surface area contributed by atoms with Crippen molar-refractivity contribution in [3.63, 3.8) is 0 Å². The molecule has 0 radical (unpaired) electrons. The molecule has 10 heteroatoms. The smallest absolute Gasteiger partial charge is 0.326 e. The molecule has 1 heterocycles. The second-order valence-corrected chi connectivity index (χ2v) is 11.3. The molecule has 0 aliphatic carbocycles. The highest BCUT2D eigenvalue weighted by Crippen LogP contribution is 2.26. The Hall–Kier alpha value is -3.24. The molecule has 2 atom stereocenters. The molecule has 2 amide bonds. The van der Waals surface area contributed by atoms with Gasteiger partial charge in [0.15, 0.2) is 0 Å². The van der Waals surface area contributed by atoms with Gasteiger partial charge in [-0.2, -0.15) is 0 Å². The lowest BCUT2D eigenvalue weighted by Gasteiger charge is -2.18. The van der Waals surface area contributed by atoms with Gasteiger partial charge in [0, 0.05) is 24.6 Å². The van der Waals surface area contributed by atoms with Gasteiger partial charge >= 0.3 is 5.97 Å². The minimum Gasteiger partial charge on any atom is -0.480 e. The van der Waals surface area contributed by atoms with E-state index in [9.17, 15) is 27.9 Å². The van der Waals surface area contributed by atoms with E-state index in [2.05, 4.69) is 15.4 Å². The van der Waals surface area contributed by atoms with E-state index in [1.54, 1.807) is 36.4 Å². The molecular formula is C26H33N3O6S. The van der Waals surface area contributed by atoms with Crippen LogP contribution >= 0.6 is 0 Å². The first kappa shape index (κ1) is 27.3. The largest absolute Gasteiger partial charge is 0.480 e. The number of hydrogen-bond donors (Lipinski definition) is 4. The number of carboxylic acids is 1. The lowest BCUT2D eigenvalue weighted by atomic mass is 9.96. The van der Waals surface area contributed by atoms with Crippen molar-refractivity contribution in [3.8, 4) is 11.1 Å². The van der Waals surface area contributed by atoms with Crippen LogP contribution < -0.4 is 15.4 Å². The number of rotatable bonds is 12. The Kier molecular flexibility index (Phi) is 9.22. The standard InChI is InChI=1S/C26H33N3O6S/c1-17(2)8-12-23(26(32)33)29-25(31)21-11-9-18(14-22(21)19-6-4-3-5-7-19)16-36(34,35)27-15-20-10-13-24(30)28-20/h3-7,9,11,14,17,20,23,27H,8,10,12-13,15-16H2,1-2H3,(H,28,30)(H,29,31)(H,32,33). The lowest BCUT2D eigenvalue weighted by molar-refractivity contribution is -0.139. The molecule has 2 aromatic rings. The Morgan fingerprint density at radius 1 is 1.11 bits per heavy atom. The van der Waals surface area contributed by atoms with Crippen molar-refractivity contribution in [2.45, 2.75) is 57.4 Å². The fraction of sp³-hybridized carbons (Fsp3) is 0.423. The third-order valence-electron chi connectivity index (χ3n) is 6.04. The minimum absolute atomic E-state index is 0.0880. The highest BCUT2D eigenvalue weighted by atomic mass is 32.2. The summed E-state index contributed by atoms with van der Waals surface area (Å²) in [5, 5.41) is 14.9. The Morgan fingerprint density at radius 2 is 1.83 bits per heavy atom. The van der Waals surface area contributed by atoms with E-state index < -0.39 is 27.9 Å². The maximum Gasteiger partial charge on any atom is 0.326 e. The first-order valence-corrected chi connectivity index (χ1v) is 13.7. The van der Waals surface area contributed by atoms with E-state index in [1.165, 1.54) is 6.07 Å². The zero-order valence-corrected chi connectivity index (χ0v) is 21.3. The molecule has 1 saturated heterocycles. The van der Waals surface area contributed by atoms with Crippen molar-refractivity contribution in [1.29, 1.82) is 0 Å². The second-order valence-electron chi connectivity index (χ2n) is 9.49. The van der Waals surface area contributed by atoms with Gasteiger partial charge in [0.1, 0.15) is 6.04 Å². The maximum absolute atomic E-state index is 13.1. The number of amides is 2. The third kappa shape index (κ3) is 7.89. The number of carboxylic acid groups (broad SMARTS) is 1. The fourth-order valence-electron chi connectivity index (χ4n) is 4.06. The van der Waals surface area contributed by atoms with Crippen molar-refractivity contribution >= 4 is 27.8 Å². The summed E-state index contributed by atoms with van der Waals surface area (Å²) in [6.07, 6.45) is 1.92. The number of sulfonamides is 1. The summed E-state index contributed by atoms with van der Waals surface area (Å²) in [6.45, 7) is 4.09. The first-order chi connectivity index (χ1) is 17.0. The van der Waals surface area contributed by atoms with Gasteiger partial charge < -0.3 is 15.7 Å². The number of nitrogens with one attached hydrogen (secondary N) is 3. The molecule has 1 fully saturated rings. The van der Waals surface area contributed by atoms with Crippen molar-refractivity contribution in [2.75, 3.05) is 6.54 Å². The van der Waals surface area contributed by atoms with Crippen LogP contribution in [0.2, 0.25) is 0 Å². The zero-order chi connectivity index (χ0) is 26.3. The SMILES string of the molecule is CC(C)CCC(NC(=O)c1ccc(CS(=O)(=O)NCC2CCC(=O)N2)cc1-c1ccccc1)C(=O)O. The highest BCUT2D eigenvalue weighted by Gasteiger charge is 2.25. The van der Waals surface area contributed by atoms with Crippen molar-refractivity contribution in [3.05, 3.63) is 59.7 Å². The Balaban J connectivity index is 1.81. The van der Waals surface area contributed by atoms with Crippen LogP contribution in [0.15, 0.2) is 48.5 Å². The number of benzene rings is 2. The van der Waals surface area contributed by atoms with Gasteiger partial charge in [-0.1, -0.05) is 50.2 Å². The predicted molar refractivity (Wildman–Crippen MR) is 137 cm³/mol. The minimum atomic E-state index is -3.70. The summed E-state index contributed by atoms with van der Waals surface area (Å²) in [7, 11) is -3.70. The third-order valence-corrected chi connectivity index (χ3v) is 7.36. The second kappa shape index (κ2) is 12.1. The molecule has 1 aliphatic heterocycles. The Labute approximate surface area is 211 Å². The monoisotopic (exact) mass is 515 g/mol. The van der Waals surface area contributed by atoms with Gasteiger partial charge in [-0.15, -0.1) is 0 Å². The summed E-state index contributed by atoms with van der Waals surface area (Å²) in [6, 6.07) is 12.5. The number of carbonyl (C=O) groups excluding carboxylic acids is 2. The fourth-order valence-corrected chi connectivity index (χ4v) is 5.23. The van der Waals surface area contributed by atoms with Crippen LogP contribution in [0, 0.1) is 5.92 Å². The van der Waals surface area contributed by atoms with Gasteiger partial charge in [-0.05, 0) is 54.0 Å². The van der Waals surface area contributed by atoms with Gasteiger partial charge in [0.25, 0.3) is 5.91 Å². The van der Waals surface area contributed by atoms with Gasteiger partial charge in [-0.25, -0.2) is 17.9 Å². The zero-order valence-electron chi connectivity index (χ0n) is 20.5. The van der Waals surface area contributed by atoms with Crippen LogP contribution in [0.1, 0.15) is 55.5 Å². The Bertz CT molecular complexity index is 1200. The van der Waals surface area contributed by atoms with Gasteiger partial charge in [-0.3, -0.25) is 9.59 Å². The summed E-state index contributed by atoms with van der Waals surface area (Å²) < 4.78 is 27.9. The molecule has 0 aromatic heterocycles. The van der Waals surface area contributed by atoms with Crippen molar-refractivity contribution in [1.82, 2.24) is 15.4 Å². The molecule has 3 rings (SSSR count). The quantitative estimate of drug-likeness (QED) is 0.342. The molecule has 36 heavy (non-hydrogen) atoms. The molecular weight excluding hydrogens is 482 g/mol. The summed E-state index contributed by atoms with van der Waals surface area (Å²) >= 11 is 0. The van der Waals surface area contributed by atoms with Crippen LogP contribution in [-0.4, -0.2) is 49.9 Å². The Morgan fingerprint density at radius 3 is 2.44 bits per heavy atom. The number of carbonyl (C=O) groups is 3. The highest BCUT2D eigenvalue weighted by molar-refractivity contribution is 7.88. The van der Waals surface area contributed by atoms with Crippen LogP contribution in [0.5, 0.6) is 0 Å². The molecule has 0 spiro atoms. The number of aliphatic carboxylic acids is 1. The maximum atomic E-state index is 13.1. The van der Waals surface area contributed by atoms with E-state index in [-0.39, 0.29) is 29.8 Å². The molecule has 194 valence electrons. The van der Waals surface area contributed by atoms with Crippen molar-refractivity contribution in [2.24, 2.45) is 5.92 Å². The van der Waals surface area contributed by atoms with Gasteiger partial charge in [0.05, 0.1) is 5.75 Å². The summed E-state index contributed by atoms with van der Waals surface area (Å²) in [5.41, 5.74) is 1.96. The van der Waals surface area contributed by atoms with E-state index >= 15 is 0 Å². The van der Waals surface area contributed by atoms with E-state index in [1.807, 2.05) is 19.9 Å². The molecule has 1 aliphatic rings. The molecule has 2 unspecified atom stereocenters.